The molecule has 0 amide bonds. The number of thiophene rings is 1. The molecule has 1 aliphatic carbocycles. The third-order valence-electron chi connectivity index (χ3n) is 3.53. The summed E-state index contributed by atoms with van der Waals surface area (Å²) in [6, 6.07) is 10.8. The van der Waals surface area contributed by atoms with Crippen LogP contribution < -0.4 is 5.73 Å². The molecule has 1 aromatic heterocycles. The second-order valence-corrected chi connectivity index (χ2v) is 6.88. The number of aryl methyl sites for hydroxylation is 2. The van der Waals surface area contributed by atoms with Gasteiger partial charge in [-0.15, -0.1) is 11.3 Å². The average Bonchev–Trinajstić information content (AvgIpc) is 2.92. The van der Waals surface area contributed by atoms with E-state index in [0.29, 0.717) is 0 Å². The Bertz CT molecular complexity index is 540. The maximum atomic E-state index is 6.35. The highest BCUT2D eigenvalue weighted by molar-refractivity contribution is 9.10. The van der Waals surface area contributed by atoms with Crippen molar-refractivity contribution < 1.29 is 0 Å². The van der Waals surface area contributed by atoms with Crippen LogP contribution in [-0.2, 0) is 19.3 Å². The van der Waals surface area contributed by atoms with Crippen LogP contribution in [0, 0.1) is 0 Å². The summed E-state index contributed by atoms with van der Waals surface area (Å²) in [5.41, 5.74) is 9.18. The van der Waals surface area contributed by atoms with E-state index in [0.717, 1.165) is 10.9 Å². The van der Waals surface area contributed by atoms with Crippen LogP contribution in [0.4, 0.5) is 0 Å². The largest absolute Gasteiger partial charge is 0.323 e. The summed E-state index contributed by atoms with van der Waals surface area (Å²) in [7, 11) is 0. The Hall–Kier alpha value is -0.640. The number of rotatable bonds is 3. The fourth-order valence-corrected chi connectivity index (χ4v) is 4.24. The van der Waals surface area contributed by atoms with Crippen molar-refractivity contribution >= 4 is 27.3 Å². The van der Waals surface area contributed by atoms with E-state index in [9.17, 15) is 0 Å². The predicted molar refractivity (Wildman–Crippen MR) is 81.1 cm³/mol. The van der Waals surface area contributed by atoms with Gasteiger partial charge in [0.1, 0.15) is 0 Å². The molecule has 1 heterocycles. The topological polar surface area (TPSA) is 26.0 Å². The maximum Gasteiger partial charge on any atom is 0.0431 e. The molecule has 94 valence electrons. The van der Waals surface area contributed by atoms with Crippen LogP contribution >= 0.6 is 27.3 Å². The number of halogens is 1. The third kappa shape index (κ3) is 2.40. The van der Waals surface area contributed by atoms with Crippen molar-refractivity contribution in [2.75, 3.05) is 0 Å². The maximum absolute atomic E-state index is 6.35. The zero-order valence-corrected chi connectivity index (χ0v) is 12.6. The first-order valence-electron chi connectivity index (χ1n) is 6.34. The number of hydrogen-bond acceptors (Lipinski definition) is 2. The van der Waals surface area contributed by atoms with E-state index < -0.39 is 0 Å². The van der Waals surface area contributed by atoms with Crippen LogP contribution in [0.25, 0.3) is 0 Å². The van der Waals surface area contributed by atoms with E-state index in [-0.39, 0.29) is 6.04 Å². The monoisotopic (exact) mass is 321 g/mol. The lowest BCUT2D eigenvalue weighted by molar-refractivity contribution is 0.733. The molecule has 0 saturated carbocycles. The van der Waals surface area contributed by atoms with Crippen molar-refractivity contribution in [3.63, 3.8) is 0 Å². The van der Waals surface area contributed by atoms with Gasteiger partial charge in [-0.3, -0.25) is 0 Å². The first-order chi connectivity index (χ1) is 8.74. The molecule has 18 heavy (non-hydrogen) atoms. The van der Waals surface area contributed by atoms with Gasteiger partial charge in [0, 0.05) is 20.3 Å². The summed E-state index contributed by atoms with van der Waals surface area (Å²) in [5, 5.41) is 0. The van der Waals surface area contributed by atoms with Gasteiger partial charge < -0.3 is 5.73 Å². The average molecular weight is 322 g/mol. The van der Waals surface area contributed by atoms with Crippen LogP contribution in [0.3, 0.4) is 0 Å². The Morgan fingerprint density at radius 2 is 2.11 bits per heavy atom. The molecular weight excluding hydrogens is 306 g/mol. The van der Waals surface area contributed by atoms with Crippen molar-refractivity contribution in [2.24, 2.45) is 5.73 Å². The molecule has 2 aromatic rings. The highest BCUT2D eigenvalue weighted by atomic mass is 79.9. The molecule has 0 fully saturated rings. The van der Waals surface area contributed by atoms with Crippen LogP contribution in [0.5, 0.6) is 0 Å². The summed E-state index contributed by atoms with van der Waals surface area (Å²) in [6.45, 7) is 0. The van der Waals surface area contributed by atoms with E-state index in [1.807, 2.05) is 17.4 Å². The molecule has 3 heteroatoms. The third-order valence-corrected chi connectivity index (χ3v) is 5.67. The lowest BCUT2D eigenvalue weighted by Crippen LogP contribution is -2.12. The molecule has 1 aromatic carbocycles. The van der Waals surface area contributed by atoms with Gasteiger partial charge in [0.15, 0.2) is 0 Å². The smallest absolute Gasteiger partial charge is 0.0431 e. The number of hydrogen-bond donors (Lipinski definition) is 1. The summed E-state index contributed by atoms with van der Waals surface area (Å²) >= 11 is 5.50. The summed E-state index contributed by atoms with van der Waals surface area (Å²) in [4.78, 5) is 2.91. The van der Waals surface area contributed by atoms with E-state index in [1.54, 1.807) is 4.88 Å². The first-order valence-corrected chi connectivity index (χ1v) is 7.95. The normalized spacial score (nSPS) is 15.7. The van der Waals surface area contributed by atoms with Crippen molar-refractivity contribution in [1.29, 1.82) is 0 Å². The molecule has 1 aliphatic rings. The highest BCUT2D eigenvalue weighted by Crippen LogP contribution is 2.34. The number of benzene rings is 1. The van der Waals surface area contributed by atoms with Gasteiger partial charge in [-0.25, -0.2) is 0 Å². The zero-order chi connectivity index (χ0) is 12.5. The second-order valence-electron chi connectivity index (χ2n) is 4.85. The van der Waals surface area contributed by atoms with Gasteiger partial charge in [0.2, 0.25) is 0 Å². The zero-order valence-electron chi connectivity index (χ0n) is 10.2. The van der Waals surface area contributed by atoms with Gasteiger partial charge in [0.25, 0.3) is 0 Å². The molecule has 0 saturated heterocycles. The van der Waals surface area contributed by atoms with E-state index in [2.05, 4.69) is 40.2 Å². The van der Waals surface area contributed by atoms with Gasteiger partial charge in [-0.1, -0.05) is 34.1 Å². The van der Waals surface area contributed by atoms with Gasteiger partial charge in [-0.2, -0.15) is 0 Å². The Morgan fingerprint density at radius 1 is 1.28 bits per heavy atom. The van der Waals surface area contributed by atoms with Crippen molar-refractivity contribution in [2.45, 2.75) is 31.7 Å². The lowest BCUT2D eigenvalue weighted by Gasteiger charge is -2.11. The van der Waals surface area contributed by atoms with Crippen molar-refractivity contribution in [1.82, 2.24) is 0 Å². The Morgan fingerprint density at radius 3 is 2.89 bits per heavy atom. The van der Waals surface area contributed by atoms with Crippen LogP contribution in [0.1, 0.15) is 33.3 Å². The van der Waals surface area contributed by atoms with Crippen LogP contribution in [0.15, 0.2) is 34.8 Å². The Balaban J connectivity index is 1.78. The van der Waals surface area contributed by atoms with Crippen LogP contribution in [-0.4, -0.2) is 0 Å². The highest BCUT2D eigenvalue weighted by Gasteiger charge is 2.18. The fraction of sp³-hybridized carbons (Fsp3) is 0.333. The quantitative estimate of drug-likeness (QED) is 0.898. The predicted octanol–water partition coefficient (Wildman–Crippen LogP) is 4.24. The van der Waals surface area contributed by atoms with E-state index in [4.69, 9.17) is 5.73 Å². The lowest BCUT2D eigenvalue weighted by atomic mass is 10.0. The minimum Gasteiger partial charge on any atom is -0.323 e. The van der Waals surface area contributed by atoms with Gasteiger partial charge in [-0.05, 0) is 48.9 Å². The van der Waals surface area contributed by atoms with Crippen molar-refractivity contribution in [3.8, 4) is 0 Å². The van der Waals surface area contributed by atoms with E-state index in [1.165, 1.54) is 35.3 Å². The van der Waals surface area contributed by atoms with Gasteiger partial charge in [0.05, 0.1) is 0 Å². The Kier molecular flexibility index (Phi) is 3.55. The number of fused-ring (bicyclic) bond motifs is 1. The minimum absolute atomic E-state index is 0.124. The molecule has 1 atom stereocenters. The Labute approximate surface area is 120 Å². The summed E-state index contributed by atoms with van der Waals surface area (Å²) < 4.78 is 1.16. The minimum atomic E-state index is 0.124. The standard InChI is InChI=1S/C15H16BrNS/c16-12-6-2-1-4-10(12)8-13(17)15-9-11-5-3-7-14(11)18-15/h1-2,4,6,9,13H,3,5,7-8,17H2. The molecule has 1 unspecified atom stereocenters. The summed E-state index contributed by atoms with van der Waals surface area (Å²) in [5.74, 6) is 0. The van der Waals surface area contributed by atoms with Crippen molar-refractivity contribution in [3.05, 3.63) is 55.7 Å². The second kappa shape index (κ2) is 5.16. The molecule has 0 aliphatic heterocycles. The molecule has 2 N–H and O–H groups in total. The molecule has 0 spiro atoms. The molecular formula is C15H16BrNS. The van der Waals surface area contributed by atoms with E-state index >= 15 is 0 Å². The molecule has 0 radical (unpaired) electrons. The fourth-order valence-electron chi connectivity index (χ4n) is 2.54. The van der Waals surface area contributed by atoms with Crippen LogP contribution in [0.2, 0.25) is 0 Å². The first kappa shape index (κ1) is 12.4. The SMILES string of the molecule is NC(Cc1ccccc1Br)c1cc2c(s1)CCC2. The molecule has 3 rings (SSSR count). The molecule has 0 bridgehead atoms. The summed E-state index contributed by atoms with van der Waals surface area (Å²) in [6.07, 6.45) is 4.72. The molecule has 1 nitrogen and oxygen atoms in total. The number of nitrogens with two attached hydrogens (primary N) is 1. The van der Waals surface area contributed by atoms with Gasteiger partial charge >= 0.3 is 0 Å².